The number of piperazine rings is 1. The van der Waals surface area contributed by atoms with E-state index in [-0.39, 0.29) is 0 Å². The smallest absolute Gasteiger partial charge is 0.159 e. The van der Waals surface area contributed by atoms with Gasteiger partial charge in [0.2, 0.25) is 0 Å². The Morgan fingerprint density at radius 3 is 2.33 bits per heavy atom. The van der Waals surface area contributed by atoms with Crippen LogP contribution >= 0.6 is 0 Å². The SMILES string of the molecule is COc1ccc(Nc2ncnc(N3CCN(c4cccc(C)c4C)CC3)c2N)cc1. The minimum absolute atomic E-state index is 0.563. The lowest BCUT2D eigenvalue weighted by Gasteiger charge is -2.38. The third-order valence-electron chi connectivity index (χ3n) is 5.71. The molecule has 30 heavy (non-hydrogen) atoms. The molecule has 1 saturated heterocycles. The normalized spacial score (nSPS) is 14.0. The van der Waals surface area contributed by atoms with Crippen LogP contribution in [0.3, 0.4) is 0 Å². The summed E-state index contributed by atoms with van der Waals surface area (Å²) in [4.78, 5) is 13.5. The first-order chi connectivity index (χ1) is 14.6. The first kappa shape index (κ1) is 19.8. The zero-order valence-corrected chi connectivity index (χ0v) is 17.7. The molecule has 2 heterocycles. The number of ether oxygens (including phenoxy) is 1. The Morgan fingerprint density at radius 2 is 1.63 bits per heavy atom. The van der Waals surface area contributed by atoms with E-state index < -0.39 is 0 Å². The molecule has 1 aliphatic rings. The molecule has 3 N–H and O–H groups in total. The quantitative estimate of drug-likeness (QED) is 0.670. The fourth-order valence-electron chi connectivity index (χ4n) is 3.79. The fourth-order valence-corrected chi connectivity index (χ4v) is 3.79. The molecular formula is C23H28N6O. The van der Waals surface area contributed by atoms with Gasteiger partial charge < -0.3 is 25.6 Å². The van der Waals surface area contributed by atoms with Gasteiger partial charge in [-0.2, -0.15) is 0 Å². The van der Waals surface area contributed by atoms with Crippen LogP contribution in [0.15, 0.2) is 48.8 Å². The van der Waals surface area contributed by atoms with Crippen molar-refractivity contribution in [2.45, 2.75) is 13.8 Å². The molecule has 0 amide bonds. The van der Waals surface area contributed by atoms with E-state index in [0.29, 0.717) is 11.5 Å². The molecule has 1 aliphatic heterocycles. The van der Waals surface area contributed by atoms with Gasteiger partial charge in [-0.3, -0.25) is 0 Å². The number of nitrogen functional groups attached to an aromatic ring is 1. The maximum absolute atomic E-state index is 6.44. The minimum Gasteiger partial charge on any atom is -0.497 e. The van der Waals surface area contributed by atoms with Gasteiger partial charge in [0.25, 0.3) is 0 Å². The van der Waals surface area contributed by atoms with Crippen LogP contribution in [0.5, 0.6) is 5.75 Å². The Morgan fingerprint density at radius 1 is 0.933 bits per heavy atom. The molecule has 2 aromatic carbocycles. The third kappa shape index (κ3) is 3.96. The van der Waals surface area contributed by atoms with Crippen molar-refractivity contribution in [2.24, 2.45) is 0 Å². The summed E-state index contributed by atoms with van der Waals surface area (Å²) in [5.41, 5.74) is 11.9. The van der Waals surface area contributed by atoms with Crippen LogP contribution in [-0.2, 0) is 0 Å². The number of nitrogens with two attached hydrogens (primary N) is 1. The number of methoxy groups -OCH3 is 1. The van der Waals surface area contributed by atoms with Crippen molar-refractivity contribution in [3.8, 4) is 5.75 Å². The summed E-state index contributed by atoms with van der Waals surface area (Å²) in [5, 5.41) is 3.28. The van der Waals surface area contributed by atoms with E-state index in [2.05, 4.69) is 57.1 Å². The van der Waals surface area contributed by atoms with Crippen LogP contribution in [0.4, 0.5) is 28.7 Å². The summed E-state index contributed by atoms with van der Waals surface area (Å²) < 4.78 is 5.21. The average molecular weight is 405 g/mol. The zero-order chi connectivity index (χ0) is 21.1. The van der Waals surface area contributed by atoms with Crippen molar-refractivity contribution in [2.75, 3.05) is 54.1 Å². The first-order valence-electron chi connectivity index (χ1n) is 10.1. The van der Waals surface area contributed by atoms with Gasteiger partial charge in [-0.25, -0.2) is 9.97 Å². The van der Waals surface area contributed by atoms with E-state index in [9.17, 15) is 0 Å². The lowest BCUT2D eigenvalue weighted by atomic mass is 10.1. The van der Waals surface area contributed by atoms with Gasteiger partial charge in [0, 0.05) is 37.6 Å². The van der Waals surface area contributed by atoms with E-state index in [4.69, 9.17) is 10.5 Å². The summed E-state index contributed by atoms with van der Waals surface area (Å²) in [6, 6.07) is 14.2. The molecule has 7 heteroatoms. The first-order valence-corrected chi connectivity index (χ1v) is 10.1. The molecule has 4 rings (SSSR count). The largest absolute Gasteiger partial charge is 0.497 e. The standard InChI is InChI=1S/C23H28N6O/c1-16-5-4-6-20(17(16)2)28-11-13-29(14-12-28)23-21(24)22(25-15-26-23)27-18-7-9-19(30-3)10-8-18/h4-10,15H,11-14,24H2,1-3H3,(H,25,26,27). The Labute approximate surface area is 177 Å². The summed E-state index contributed by atoms with van der Waals surface area (Å²) in [6.07, 6.45) is 1.56. The second kappa shape index (κ2) is 8.49. The second-order valence-electron chi connectivity index (χ2n) is 7.51. The molecule has 1 fully saturated rings. The molecule has 0 unspecified atom stereocenters. The van der Waals surface area contributed by atoms with Crippen molar-refractivity contribution in [3.05, 3.63) is 59.9 Å². The van der Waals surface area contributed by atoms with Gasteiger partial charge >= 0.3 is 0 Å². The molecule has 3 aromatic rings. The average Bonchev–Trinajstić information content (AvgIpc) is 2.78. The highest BCUT2D eigenvalue weighted by Crippen LogP contribution is 2.31. The molecular weight excluding hydrogens is 376 g/mol. The van der Waals surface area contributed by atoms with Gasteiger partial charge in [0.15, 0.2) is 11.6 Å². The van der Waals surface area contributed by atoms with E-state index in [1.807, 2.05) is 24.3 Å². The number of aryl methyl sites for hydroxylation is 1. The van der Waals surface area contributed by atoms with E-state index in [1.54, 1.807) is 13.4 Å². The molecule has 0 bridgehead atoms. The highest BCUT2D eigenvalue weighted by atomic mass is 16.5. The summed E-state index contributed by atoms with van der Waals surface area (Å²) in [5.74, 6) is 2.20. The van der Waals surface area contributed by atoms with Crippen molar-refractivity contribution in [3.63, 3.8) is 0 Å². The number of hydrogen-bond acceptors (Lipinski definition) is 7. The van der Waals surface area contributed by atoms with Gasteiger partial charge in [0.05, 0.1) is 7.11 Å². The van der Waals surface area contributed by atoms with Crippen LogP contribution in [-0.4, -0.2) is 43.3 Å². The Kier molecular flexibility index (Phi) is 5.61. The van der Waals surface area contributed by atoms with Crippen molar-refractivity contribution >= 4 is 28.7 Å². The van der Waals surface area contributed by atoms with Crippen LogP contribution in [0, 0.1) is 13.8 Å². The highest BCUT2D eigenvalue weighted by molar-refractivity contribution is 5.78. The second-order valence-corrected chi connectivity index (χ2v) is 7.51. The number of nitrogens with one attached hydrogen (secondary N) is 1. The predicted molar refractivity (Wildman–Crippen MR) is 123 cm³/mol. The summed E-state index contributed by atoms with van der Waals surface area (Å²) in [6.45, 7) is 7.92. The Bertz CT molecular complexity index is 1010. The predicted octanol–water partition coefficient (Wildman–Crippen LogP) is 3.75. The monoisotopic (exact) mass is 404 g/mol. The van der Waals surface area contributed by atoms with Crippen molar-refractivity contribution < 1.29 is 4.74 Å². The maximum atomic E-state index is 6.44. The van der Waals surface area contributed by atoms with Crippen LogP contribution in [0.25, 0.3) is 0 Å². The van der Waals surface area contributed by atoms with E-state index in [0.717, 1.165) is 43.4 Å². The minimum atomic E-state index is 0.563. The summed E-state index contributed by atoms with van der Waals surface area (Å²) >= 11 is 0. The lowest BCUT2D eigenvalue weighted by molar-refractivity contribution is 0.415. The zero-order valence-electron chi connectivity index (χ0n) is 17.7. The third-order valence-corrected chi connectivity index (χ3v) is 5.71. The van der Waals surface area contributed by atoms with Gasteiger partial charge in [-0.1, -0.05) is 12.1 Å². The number of nitrogens with zero attached hydrogens (tertiary/aromatic N) is 4. The van der Waals surface area contributed by atoms with Crippen molar-refractivity contribution in [1.82, 2.24) is 9.97 Å². The molecule has 0 aliphatic carbocycles. The van der Waals surface area contributed by atoms with Crippen LogP contribution < -0.4 is 25.6 Å². The molecule has 0 atom stereocenters. The number of benzene rings is 2. The van der Waals surface area contributed by atoms with Gasteiger partial charge in [-0.15, -0.1) is 0 Å². The fraction of sp³-hybridized carbons (Fsp3) is 0.304. The number of rotatable bonds is 5. The van der Waals surface area contributed by atoms with Gasteiger partial charge in [0.1, 0.15) is 17.8 Å². The van der Waals surface area contributed by atoms with E-state index >= 15 is 0 Å². The Balaban J connectivity index is 1.47. The molecule has 1 aromatic heterocycles. The number of aromatic nitrogens is 2. The Hall–Kier alpha value is -3.48. The molecule has 0 radical (unpaired) electrons. The maximum Gasteiger partial charge on any atom is 0.159 e. The number of hydrogen-bond donors (Lipinski definition) is 2. The lowest BCUT2D eigenvalue weighted by Crippen LogP contribution is -2.47. The van der Waals surface area contributed by atoms with Crippen molar-refractivity contribution in [1.29, 1.82) is 0 Å². The molecule has 0 spiro atoms. The molecule has 156 valence electrons. The number of anilines is 5. The van der Waals surface area contributed by atoms with Crippen LogP contribution in [0.1, 0.15) is 11.1 Å². The molecule has 0 saturated carbocycles. The van der Waals surface area contributed by atoms with E-state index in [1.165, 1.54) is 16.8 Å². The van der Waals surface area contributed by atoms with Gasteiger partial charge in [-0.05, 0) is 55.3 Å². The van der Waals surface area contributed by atoms with Crippen LogP contribution in [0.2, 0.25) is 0 Å². The molecule has 7 nitrogen and oxygen atoms in total. The summed E-state index contributed by atoms with van der Waals surface area (Å²) in [7, 11) is 1.65. The highest BCUT2D eigenvalue weighted by Gasteiger charge is 2.22. The topological polar surface area (TPSA) is 79.5 Å².